The second-order valence-corrected chi connectivity index (χ2v) is 17.7. The van der Waals surface area contributed by atoms with Crippen molar-refractivity contribution in [2.45, 2.75) is 166 Å². The number of alkyl halides is 1. The van der Waals surface area contributed by atoms with Crippen molar-refractivity contribution in [1.29, 1.82) is 0 Å². The molecule has 3 fully saturated rings. The summed E-state index contributed by atoms with van der Waals surface area (Å²) in [4.78, 5) is 57.7. The number of amides is 1. The van der Waals surface area contributed by atoms with E-state index in [9.17, 15) is 29.4 Å². The number of esters is 1. The highest BCUT2D eigenvalue weighted by Gasteiger charge is 2.56. The first-order valence-corrected chi connectivity index (χ1v) is 21.2. The maximum absolute atomic E-state index is 14.3. The molecule has 0 radical (unpaired) electrons. The Balaban J connectivity index is 1.76. The molecule has 2 N–H and O–H groups in total. The van der Waals surface area contributed by atoms with Crippen molar-refractivity contribution >= 4 is 35.0 Å². The molecule has 3 heterocycles. The van der Waals surface area contributed by atoms with Crippen LogP contribution in [0, 0.1) is 29.6 Å². The second kappa shape index (κ2) is 20.7. The quantitative estimate of drug-likeness (QED) is 0.146. The van der Waals surface area contributed by atoms with Crippen molar-refractivity contribution in [3.05, 3.63) is 23.3 Å². The fraction of sp³-hybridized carbons (Fsp3) is 0.814. The first kappa shape index (κ1) is 46.5. The Bertz CT molecular complexity index is 1440. The molecule has 56 heavy (non-hydrogen) atoms. The van der Waals surface area contributed by atoms with Crippen LogP contribution in [0.5, 0.6) is 0 Å². The van der Waals surface area contributed by atoms with Crippen molar-refractivity contribution in [3.63, 3.8) is 0 Å². The molecule has 0 unspecified atom stereocenters. The van der Waals surface area contributed by atoms with E-state index in [0.29, 0.717) is 44.1 Å². The zero-order valence-corrected chi connectivity index (χ0v) is 35.8. The Kier molecular flexibility index (Phi) is 17.2. The van der Waals surface area contributed by atoms with Gasteiger partial charge in [-0.1, -0.05) is 45.4 Å². The zero-order valence-electron chi connectivity index (χ0n) is 35.0. The van der Waals surface area contributed by atoms with Gasteiger partial charge in [-0.15, -0.1) is 11.6 Å². The van der Waals surface area contributed by atoms with Crippen LogP contribution in [0.4, 0.5) is 0 Å². The van der Waals surface area contributed by atoms with Gasteiger partial charge in [0.25, 0.3) is 11.7 Å². The number of piperidine rings is 1. The zero-order chi connectivity index (χ0) is 41.5. The fourth-order valence-electron chi connectivity index (χ4n) is 9.36. The molecule has 318 valence electrons. The van der Waals surface area contributed by atoms with Crippen LogP contribution in [0.3, 0.4) is 0 Å². The van der Waals surface area contributed by atoms with Crippen molar-refractivity contribution in [3.8, 4) is 0 Å². The number of methoxy groups -OCH3 is 3. The number of hydrogen-bond donors (Lipinski definition) is 2. The summed E-state index contributed by atoms with van der Waals surface area (Å²) in [5.41, 5.74) is 1.71. The van der Waals surface area contributed by atoms with Crippen molar-refractivity contribution in [2.75, 3.05) is 27.9 Å². The molecule has 0 aromatic heterocycles. The monoisotopic (exact) mass is 809 g/mol. The number of carbonyl (C=O) groups is 4. The lowest BCUT2D eigenvalue weighted by atomic mass is 9.82. The van der Waals surface area contributed by atoms with E-state index in [2.05, 4.69) is 6.92 Å². The maximum atomic E-state index is 14.3. The number of nitrogens with zero attached hydrogens (tertiary/aromatic N) is 1. The van der Waals surface area contributed by atoms with Crippen LogP contribution in [0.2, 0.25) is 0 Å². The number of carbonyl (C=O) groups excluding carboxylic acids is 4. The minimum atomic E-state index is -2.49. The van der Waals surface area contributed by atoms with Gasteiger partial charge in [0.05, 0.1) is 29.8 Å². The highest BCUT2D eigenvalue weighted by atomic mass is 35.5. The van der Waals surface area contributed by atoms with E-state index in [4.69, 9.17) is 35.3 Å². The fourth-order valence-corrected chi connectivity index (χ4v) is 9.69. The van der Waals surface area contributed by atoms with Crippen LogP contribution < -0.4 is 0 Å². The lowest BCUT2D eigenvalue weighted by Crippen LogP contribution is -2.64. The van der Waals surface area contributed by atoms with E-state index < -0.39 is 77.8 Å². The molecule has 2 bridgehead atoms. The largest absolute Gasteiger partial charge is 0.456 e. The third-order valence-corrected chi connectivity index (χ3v) is 13.3. The molecule has 13 heteroatoms. The van der Waals surface area contributed by atoms with Gasteiger partial charge in [0.15, 0.2) is 0 Å². The van der Waals surface area contributed by atoms with Gasteiger partial charge in [-0.2, -0.15) is 0 Å². The van der Waals surface area contributed by atoms with Crippen LogP contribution in [-0.2, 0) is 42.9 Å². The number of aliphatic hydroxyl groups is 2. The van der Waals surface area contributed by atoms with Gasteiger partial charge in [0.1, 0.15) is 24.0 Å². The average molecular weight is 810 g/mol. The van der Waals surface area contributed by atoms with E-state index in [0.717, 1.165) is 18.4 Å². The lowest BCUT2D eigenvalue weighted by Gasteiger charge is -2.47. The highest BCUT2D eigenvalue weighted by molar-refractivity contribution is 6.39. The predicted molar refractivity (Wildman–Crippen MR) is 212 cm³/mol. The van der Waals surface area contributed by atoms with Gasteiger partial charge in [-0.05, 0) is 95.5 Å². The number of rotatable bonds is 6. The van der Waals surface area contributed by atoms with E-state index in [1.54, 1.807) is 21.0 Å². The van der Waals surface area contributed by atoms with Crippen molar-refractivity contribution in [2.24, 2.45) is 29.6 Å². The maximum Gasteiger partial charge on any atom is 0.329 e. The van der Waals surface area contributed by atoms with Gasteiger partial charge in [-0.25, -0.2) is 4.79 Å². The molecular weight excluding hydrogens is 742 g/mol. The summed E-state index contributed by atoms with van der Waals surface area (Å²) in [6, 6.07) is -1.12. The van der Waals surface area contributed by atoms with Gasteiger partial charge < -0.3 is 38.8 Å². The van der Waals surface area contributed by atoms with Gasteiger partial charge in [0, 0.05) is 52.0 Å². The average Bonchev–Trinajstić information content (AvgIpc) is 3.18. The SMILES string of the molecule is CC[C@@H]1C=C(C)C[C@H](C)C[C@H](OC)[C@H]2O[C@@](O)(C(=O)C(=O)N3CCCC[C@H]3C(=O)O[C@H](/C(C)=C/[C@@H]3CC[C@H](Cl)[C@H](OC)C3)[C@H](C)[C@@H](O)CC1=O)[C@H](C)C[C@@H]2OC. The predicted octanol–water partition coefficient (Wildman–Crippen LogP) is 5.72. The Hall–Kier alpha value is -2.19. The lowest BCUT2D eigenvalue weighted by molar-refractivity contribution is -0.302. The summed E-state index contributed by atoms with van der Waals surface area (Å²) >= 11 is 6.52. The molecule has 14 atom stereocenters. The standard InChI is InChI=1S/C43H68ClNO11/c1-10-30-18-24(2)17-25(3)19-36(53-8)39-37(54-9)21-27(5)43(51,56-39)40(48)41(49)45-16-12-11-13-32(45)42(50)55-38(28(6)33(46)23-34(30)47)26(4)20-29-14-15-31(44)35(22-29)52-7/h18,20,25,27-33,35-39,46,51H,10-17,19,21-23H2,1-9H3/b24-18?,26-20+/t25-,27+,28+,29-,30+,31-,32-,33-,35+,36-,37-,38+,39+,43+/m0/s1. The summed E-state index contributed by atoms with van der Waals surface area (Å²) < 4.78 is 29.9. The molecule has 0 spiro atoms. The molecule has 0 aromatic carbocycles. The Morgan fingerprint density at radius 3 is 2.27 bits per heavy atom. The summed E-state index contributed by atoms with van der Waals surface area (Å²) in [5.74, 6) is -7.31. The summed E-state index contributed by atoms with van der Waals surface area (Å²) in [5, 5.41) is 23.6. The molecule has 2 saturated heterocycles. The van der Waals surface area contributed by atoms with Gasteiger partial charge in [-0.3, -0.25) is 14.4 Å². The Morgan fingerprint density at radius 1 is 0.964 bits per heavy atom. The Morgan fingerprint density at radius 2 is 1.62 bits per heavy atom. The topological polar surface area (TPSA) is 158 Å². The van der Waals surface area contributed by atoms with E-state index in [1.807, 2.05) is 32.9 Å². The second-order valence-electron chi connectivity index (χ2n) is 17.1. The third-order valence-electron chi connectivity index (χ3n) is 12.8. The number of cyclic esters (lactones) is 1. The number of ketones is 2. The number of aliphatic hydroxyl groups excluding tert-OH is 1. The smallest absolute Gasteiger partial charge is 0.329 e. The molecule has 4 aliphatic rings. The van der Waals surface area contributed by atoms with Crippen LogP contribution in [0.25, 0.3) is 0 Å². The van der Waals surface area contributed by atoms with Crippen LogP contribution in [0.1, 0.15) is 112 Å². The Labute approximate surface area is 339 Å². The summed E-state index contributed by atoms with van der Waals surface area (Å²) in [6.45, 7) is 11.3. The van der Waals surface area contributed by atoms with Crippen LogP contribution in [0.15, 0.2) is 23.3 Å². The first-order valence-electron chi connectivity index (χ1n) is 20.7. The van der Waals surface area contributed by atoms with E-state index in [1.165, 1.54) is 19.1 Å². The van der Waals surface area contributed by atoms with Crippen molar-refractivity contribution in [1.82, 2.24) is 4.90 Å². The highest BCUT2D eigenvalue weighted by Crippen LogP contribution is 2.39. The molecule has 3 aliphatic heterocycles. The van der Waals surface area contributed by atoms with Gasteiger partial charge >= 0.3 is 5.97 Å². The molecule has 0 aromatic rings. The van der Waals surface area contributed by atoms with Crippen molar-refractivity contribution < 1.29 is 53.1 Å². The van der Waals surface area contributed by atoms with E-state index >= 15 is 0 Å². The molecule has 1 aliphatic carbocycles. The number of hydrogen-bond acceptors (Lipinski definition) is 11. The van der Waals surface area contributed by atoms with E-state index in [-0.39, 0.29) is 54.9 Å². The minimum Gasteiger partial charge on any atom is -0.456 e. The normalized spacial score (nSPS) is 40.6. The molecule has 12 nitrogen and oxygen atoms in total. The molecule has 1 saturated carbocycles. The number of fused-ring (bicyclic) bond motifs is 3. The van der Waals surface area contributed by atoms with Gasteiger partial charge in [0.2, 0.25) is 5.79 Å². The molecule has 4 rings (SSSR count). The summed E-state index contributed by atoms with van der Waals surface area (Å²) in [7, 11) is 4.71. The first-order chi connectivity index (χ1) is 26.5. The molecular formula is C43H68ClNO11. The number of halogens is 1. The van der Waals surface area contributed by atoms with Crippen LogP contribution >= 0.6 is 11.6 Å². The van der Waals surface area contributed by atoms with Crippen LogP contribution in [-0.4, -0.2) is 120 Å². The minimum absolute atomic E-state index is 0.0425. The number of ether oxygens (including phenoxy) is 5. The third kappa shape index (κ3) is 10.9. The molecule has 1 amide bonds. The summed E-state index contributed by atoms with van der Waals surface area (Å²) in [6.07, 6.45) is 5.16. The number of allylic oxidation sites excluding steroid dienone is 3. The number of Topliss-reactive ketones (excluding diaryl/α,β-unsaturated/α-hetero) is 2.